The van der Waals surface area contributed by atoms with Crippen LogP contribution >= 0.6 is 0 Å². The first kappa shape index (κ1) is 14.2. The van der Waals surface area contributed by atoms with Crippen LogP contribution in [0.15, 0.2) is 30.6 Å². The van der Waals surface area contributed by atoms with Gasteiger partial charge in [0.25, 0.3) is 0 Å². The van der Waals surface area contributed by atoms with E-state index < -0.39 is 5.97 Å². The normalized spacial score (nSPS) is 10.7. The van der Waals surface area contributed by atoms with Gasteiger partial charge in [-0.1, -0.05) is 12.1 Å². The van der Waals surface area contributed by atoms with E-state index in [0.29, 0.717) is 17.7 Å². The fraction of sp³-hybridized carbons (Fsp3) is 0.286. The third-order valence-corrected chi connectivity index (χ3v) is 2.87. The zero-order valence-corrected chi connectivity index (χ0v) is 11.0. The van der Waals surface area contributed by atoms with Crippen molar-refractivity contribution in [2.24, 2.45) is 0 Å². The van der Waals surface area contributed by atoms with Crippen LogP contribution in [0, 0.1) is 5.82 Å². The highest BCUT2D eigenvalue weighted by molar-refractivity contribution is 5.66. The van der Waals surface area contributed by atoms with E-state index in [1.807, 2.05) is 0 Å². The summed E-state index contributed by atoms with van der Waals surface area (Å²) in [6.45, 7) is 0.517. The third kappa shape index (κ3) is 3.42. The van der Waals surface area contributed by atoms with Crippen LogP contribution in [0.5, 0.6) is 0 Å². The maximum absolute atomic E-state index is 13.8. The van der Waals surface area contributed by atoms with Gasteiger partial charge in [-0.25, -0.2) is 4.39 Å². The van der Waals surface area contributed by atoms with E-state index in [1.54, 1.807) is 24.5 Å². The summed E-state index contributed by atoms with van der Waals surface area (Å²) in [6, 6.07) is 4.88. The van der Waals surface area contributed by atoms with Gasteiger partial charge in [-0.05, 0) is 11.6 Å². The van der Waals surface area contributed by atoms with E-state index in [2.05, 4.69) is 5.10 Å². The molecule has 0 bridgehead atoms. The van der Waals surface area contributed by atoms with Gasteiger partial charge < -0.3 is 9.84 Å². The number of aryl methyl sites for hydroxylation is 1. The van der Waals surface area contributed by atoms with Crippen molar-refractivity contribution < 1.29 is 19.0 Å². The molecule has 0 atom stereocenters. The molecule has 20 heavy (non-hydrogen) atoms. The van der Waals surface area contributed by atoms with Crippen molar-refractivity contribution in [2.75, 3.05) is 7.11 Å². The van der Waals surface area contributed by atoms with Crippen LogP contribution in [0.3, 0.4) is 0 Å². The maximum atomic E-state index is 13.8. The first-order valence-corrected chi connectivity index (χ1v) is 6.12. The fourth-order valence-corrected chi connectivity index (χ4v) is 1.84. The molecule has 6 heteroatoms. The lowest BCUT2D eigenvalue weighted by molar-refractivity contribution is -0.137. The molecule has 2 rings (SSSR count). The molecule has 106 valence electrons. The third-order valence-electron chi connectivity index (χ3n) is 2.87. The van der Waals surface area contributed by atoms with Crippen molar-refractivity contribution >= 4 is 5.97 Å². The second kappa shape index (κ2) is 6.29. The summed E-state index contributed by atoms with van der Waals surface area (Å²) in [6.07, 6.45) is 3.29. The van der Waals surface area contributed by atoms with Crippen LogP contribution in [0.4, 0.5) is 4.39 Å². The number of aromatic nitrogens is 2. The molecule has 5 nitrogen and oxygen atoms in total. The minimum absolute atomic E-state index is 0.00224. The average molecular weight is 278 g/mol. The van der Waals surface area contributed by atoms with Crippen molar-refractivity contribution in [3.63, 3.8) is 0 Å². The quantitative estimate of drug-likeness (QED) is 0.880. The number of halogens is 1. The van der Waals surface area contributed by atoms with Gasteiger partial charge in [-0.15, -0.1) is 0 Å². The molecule has 0 amide bonds. The Kier molecular flexibility index (Phi) is 4.47. The predicted molar refractivity (Wildman–Crippen MR) is 70.6 cm³/mol. The number of hydrogen-bond acceptors (Lipinski definition) is 3. The number of benzene rings is 1. The average Bonchev–Trinajstić information content (AvgIpc) is 2.88. The van der Waals surface area contributed by atoms with Gasteiger partial charge in [0.05, 0.1) is 25.8 Å². The Balaban J connectivity index is 2.15. The smallest absolute Gasteiger partial charge is 0.305 e. The molecule has 1 aromatic carbocycles. The SMILES string of the molecule is COCc1ccc(-c2cnn(CCC(=O)O)c2)cc1F. The maximum Gasteiger partial charge on any atom is 0.305 e. The molecule has 1 aromatic heterocycles. The van der Waals surface area contributed by atoms with Crippen molar-refractivity contribution in [1.29, 1.82) is 0 Å². The van der Waals surface area contributed by atoms with E-state index in [4.69, 9.17) is 9.84 Å². The highest BCUT2D eigenvalue weighted by Crippen LogP contribution is 2.22. The molecule has 0 fully saturated rings. The molecule has 0 saturated carbocycles. The highest BCUT2D eigenvalue weighted by Gasteiger charge is 2.07. The summed E-state index contributed by atoms with van der Waals surface area (Å²) >= 11 is 0. The number of hydrogen-bond donors (Lipinski definition) is 1. The number of carboxylic acids is 1. The summed E-state index contributed by atoms with van der Waals surface area (Å²) in [5.74, 6) is -1.21. The summed E-state index contributed by atoms with van der Waals surface area (Å²) in [5, 5.41) is 12.7. The summed E-state index contributed by atoms with van der Waals surface area (Å²) < 4.78 is 20.2. The van der Waals surface area contributed by atoms with E-state index in [1.165, 1.54) is 17.9 Å². The topological polar surface area (TPSA) is 64.4 Å². The molecule has 0 aliphatic rings. The van der Waals surface area contributed by atoms with Gasteiger partial charge in [0, 0.05) is 24.4 Å². The van der Waals surface area contributed by atoms with Crippen LogP contribution < -0.4 is 0 Å². The Morgan fingerprint density at radius 3 is 2.90 bits per heavy atom. The highest BCUT2D eigenvalue weighted by atomic mass is 19.1. The largest absolute Gasteiger partial charge is 0.481 e. The van der Waals surface area contributed by atoms with E-state index in [-0.39, 0.29) is 18.8 Å². The van der Waals surface area contributed by atoms with Gasteiger partial charge in [0.2, 0.25) is 0 Å². The molecule has 1 heterocycles. The lowest BCUT2D eigenvalue weighted by Crippen LogP contribution is -2.04. The monoisotopic (exact) mass is 278 g/mol. The van der Waals surface area contributed by atoms with Gasteiger partial charge in [0.15, 0.2) is 0 Å². The molecule has 1 N–H and O–H groups in total. The van der Waals surface area contributed by atoms with Crippen molar-refractivity contribution in [2.45, 2.75) is 19.6 Å². The Morgan fingerprint density at radius 2 is 2.25 bits per heavy atom. The van der Waals surface area contributed by atoms with Crippen LogP contribution in [0.2, 0.25) is 0 Å². The molecule has 0 spiro atoms. The Labute approximate surface area is 115 Å². The van der Waals surface area contributed by atoms with Gasteiger partial charge >= 0.3 is 5.97 Å². The number of carbonyl (C=O) groups is 1. The Morgan fingerprint density at radius 1 is 1.45 bits per heavy atom. The van der Waals surface area contributed by atoms with E-state index >= 15 is 0 Å². The zero-order valence-electron chi connectivity index (χ0n) is 11.0. The lowest BCUT2D eigenvalue weighted by atomic mass is 10.1. The predicted octanol–water partition coefficient (Wildman–Crippen LogP) is 2.31. The standard InChI is InChI=1S/C14H15FN2O3/c1-20-9-11-3-2-10(6-13(11)15)12-7-16-17(8-12)5-4-14(18)19/h2-3,6-8H,4-5,9H2,1H3,(H,18,19). The number of ether oxygens (including phenoxy) is 1. The molecular weight excluding hydrogens is 263 g/mol. The van der Waals surface area contributed by atoms with Crippen LogP contribution in [0.25, 0.3) is 11.1 Å². The van der Waals surface area contributed by atoms with Gasteiger partial charge in [-0.3, -0.25) is 9.48 Å². The number of carboxylic acid groups (broad SMARTS) is 1. The van der Waals surface area contributed by atoms with Crippen LogP contribution in [-0.4, -0.2) is 28.0 Å². The number of nitrogens with zero attached hydrogens (tertiary/aromatic N) is 2. The second-order valence-corrected chi connectivity index (χ2v) is 4.38. The minimum atomic E-state index is -0.878. The van der Waals surface area contributed by atoms with E-state index in [0.717, 1.165) is 5.56 Å². The summed E-state index contributed by atoms with van der Waals surface area (Å²) in [4.78, 5) is 10.5. The molecule has 0 aliphatic heterocycles. The Hall–Kier alpha value is -2.21. The summed E-state index contributed by atoms with van der Waals surface area (Å²) in [7, 11) is 1.51. The van der Waals surface area contributed by atoms with Crippen molar-refractivity contribution in [3.8, 4) is 11.1 Å². The number of aliphatic carboxylic acids is 1. The summed E-state index contributed by atoms with van der Waals surface area (Å²) in [5.41, 5.74) is 1.94. The number of methoxy groups -OCH3 is 1. The molecule has 0 radical (unpaired) electrons. The van der Waals surface area contributed by atoms with Crippen molar-refractivity contribution in [1.82, 2.24) is 9.78 Å². The van der Waals surface area contributed by atoms with E-state index in [9.17, 15) is 9.18 Å². The van der Waals surface area contributed by atoms with Crippen LogP contribution in [0.1, 0.15) is 12.0 Å². The zero-order chi connectivity index (χ0) is 14.5. The molecular formula is C14H15FN2O3. The minimum Gasteiger partial charge on any atom is -0.481 e. The number of rotatable bonds is 6. The Bertz CT molecular complexity index is 610. The first-order valence-electron chi connectivity index (χ1n) is 6.12. The lowest BCUT2D eigenvalue weighted by Gasteiger charge is -2.04. The van der Waals surface area contributed by atoms with Gasteiger partial charge in [0.1, 0.15) is 5.82 Å². The molecule has 0 unspecified atom stereocenters. The van der Waals surface area contributed by atoms with Crippen molar-refractivity contribution in [3.05, 3.63) is 42.0 Å². The fourth-order valence-electron chi connectivity index (χ4n) is 1.84. The second-order valence-electron chi connectivity index (χ2n) is 4.38. The molecule has 0 aliphatic carbocycles. The first-order chi connectivity index (χ1) is 9.60. The van der Waals surface area contributed by atoms with Gasteiger partial charge in [-0.2, -0.15) is 5.10 Å². The molecule has 0 saturated heterocycles. The molecule has 2 aromatic rings. The van der Waals surface area contributed by atoms with Crippen LogP contribution in [-0.2, 0) is 22.7 Å².